The number of nitrogens with two attached hydrogens (primary N) is 1. The van der Waals surface area contributed by atoms with Crippen molar-refractivity contribution in [3.05, 3.63) is 83.9 Å². The Hall–Kier alpha value is -4.06. The Labute approximate surface area is 366 Å². The fourth-order valence-electron chi connectivity index (χ4n) is 7.10. The molecular weight excluding hydrogens is 842 g/mol. The Morgan fingerprint density at radius 1 is 0.952 bits per heavy atom. The highest BCUT2D eigenvalue weighted by Crippen LogP contribution is 2.43. The van der Waals surface area contributed by atoms with Crippen LogP contribution in [0.3, 0.4) is 0 Å². The second-order valence-corrected chi connectivity index (χ2v) is 19.0. The highest BCUT2D eigenvalue weighted by atomic mass is 32.2. The van der Waals surface area contributed by atoms with Gasteiger partial charge in [0.1, 0.15) is 18.4 Å². The quantitative estimate of drug-likeness (QED) is 0.0607. The van der Waals surface area contributed by atoms with E-state index in [2.05, 4.69) is 10.6 Å². The molecule has 0 radical (unpaired) electrons. The first-order valence-electron chi connectivity index (χ1n) is 21.2. The molecule has 342 valence electrons. The van der Waals surface area contributed by atoms with E-state index in [4.69, 9.17) is 37.5 Å². The molecule has 0 aromatic heterocycles. The molecule has 5 rings (SSSR count). The number of fused-ring (bicyclic) bond motifs is 1. The molecule has 18 heteroatoms. The minimum Gasteiger partial charge on any atom is -0.497 e. The molecule has 0 aliphatic carbocycles. The molecule has 62 heavy (non-hydrogen) atoms. The summed E-state index contributed by atoms with van der Waals surface area (Å²) in [5.41, 5.74) is 1.83. The molecule has 2 aliphatic rings. The molecule has 2 aliphatic heterocycles. The number of carbonyl (C=O) groups excluding carboxylic acids is 2. The fraction of sp³-hybridized carbons (Fsp3) is 0.545. The summed E-state index contributed by atoms with van der Waals surface area (Å²) < 4.78 is 74.6. The maximum atomic E-state index is 13.9. The number of sulfonamides is 1. The molecule has 16 nitrogen and oxygen atoms in total. The Morgan fingerprint density at radius 2 is 1.66 bits per heavy atom. The van der Waals surface area contributed by atoms with Crippen LogP contribution < -0.4 is 24.6 Å². The average Bonchev–Trinajstić information content (AvgIpc) is 3.88. The van der Waals surface area contributed by atoms with Crippen molar-refractivity contribution in [1.82, 2.24) is 9.62 Å². The van der Waals surface area contributed by atoms with Crippen LogP contribution in [0.25, 0.3) is 0 Å². The first kappa shape index (κ1) is 49.0. The maximum Gasteiger partial charge on any atom is 0.407 e. The summed E-state index contributed by atoms with van der Waals surface area (Å²) in [6.07, 6.45) is -2.37. The number of rotatable bonds is 25. The van der Waals surface area contributed by atoms with Crippen molar-refractivity contribution < 1.29 is 65.9 Å². The van der Waals surface area contributed by atoms with E-state index in [9.17, 15) is 23.1 Å². The van der Waals surface area contributed by atoms with E-state index in [-0.39, 0.29) is 49.5 Å². The molecular formula is C44H63N3O13PS+. The summed E-state index contributed by atoms with van der Waals surface area (Å²) in [5, 5.41) is 16.8. The monoisotopic (exact) mass is 904 g/mol. The highest BCUT2D eigenvalue weighted by Gasteiger charge is 2.44. The van der Waals surface area contributed by atoms with Crippen LogP contribution in [-0.2, 0) is 51.3 Å². The van der Waals surface area contributed by atoms with Gasteiger partial charge in [0.15, 0.2) is 23.9 Å². The number of nitrogens with one attached hydrogen (secondary N) is 1. The largest absolute Gasteiger partial charge is 0.497 e. The lowest BCUT2D eigenvalue weighted by atomic mass is 10.00. The van der Waals surface area contributed by atoms with E-state index in [0.29, 0.717) is 56.1 Å². The topological polar surface area (TPSA) is 194 Å². The summed E-state index contributed by atoms with van der Waals surface area (Å²) in [7, 11) is -4.07. The fourth-order valence-corrected chi connectivity index (χ4v) is 10.2. The van der Waals surface area contributed by atoms with Crippen LogP contribution in [0.4, 0.5) is 4.79 Å². The van der Waals surface area contributed by atoms with E-state index in [0.717, 1.165) is 11.1 Å². The standard InChI is InChI=1S/C44H62N3O13PS/c1-7-54-39-11-9-10-12-40(39)60-61(59-31(5)42(49)55-8-2)24-22-45-26-33-15-13-32(14-16-33)25-37(46-44(50)58-41-29-57-43-36(41)21-23-56-43)38(48)28-47(27-30(3)4)62(51,52)35-19-17-34(53-6)18-20-35/h9-20,30-31,36-38,41,43,45,48H,7-8,21-29H2,1-6H3,(H,46,50)/p+1/t31-,36-,37-,38+,41?,43+,61?/m0/s1. The third-order valence-corrected chi connectivity index (χ3v) is 13.7. The summed E-state index contributed by atoms with van der Waals surface area (Å²) in [5.74, 6) is 1.04. The average molecular weight is 905 g/mol. The van der Waals surface area contributed by atoms with Crippen LogP contribution >= 0.6 is 8.38 Å². The number of carbonyl (C=O) groups is 2. The van der Waals surface area contributed by atoms with E-state index in [1.165, 1.54) is 23.5 Å². The van der Waals surface area contributed by atoms with E-state index in [1.54, 1.807) is 26.0 Å². The number of quaternary nitrogens is 1. The lowest BCUT2D eigenvalue weighted by Crippen LogP contribution is -2.83. The number of methoxy groups -OCH3 is 1. The second kappa shape index (κ2) is 24.1. The predicted molar refractivity (Wildman–Crippen MR) is 231 cm³/mol. The third-order valence-electron chi connectivity index (χ3n) is 10.3. The molecule has 3 aromatic rings. The van der Waals surface area contributed by atoms with Gasteiger partial charge < -0.3 is 53.2 Å². The van der Waals surface area contributed by atoms with Crippen molar-refractivity contribution in [1.29, 1.82) is 0 Å². The Bertz CT molecular complexity index is 1960. The number of benzene rings is 3. The lowest BCUT2D eigenvalue weighted by Gasteiger charge is -2.31. The smallest absolute Gasteiger partial charge is 0.407 e. The zero-order valence-electron chi connectivity index (χ0n) is 36.5. The van der Waals surface area contributed by atoms with Gasteiger partial charge in [-0.1, -0.05) is 50.2 Å². The number of alkyl carbamates (subject to hydrolysis) is 1. The van der Waals surface area contributed by atoms with Gasteiger partial charge in [-0.25, -0.2) is 18.0 Å². The second-order valence-electron chi connectivity index (χ2n) is 15.5. The minimum atomic E-state index is -4.04. The van der Waals surface area contributed by atoms with E-state index >= 15 is 0 Å². The van der Waals surface area contributed by atoms with Crippen LogP contribution in [0.2, 0.25) is 0 Å². The number of ether oxygens (including phenoxy) is 6. The predicted octanol–water partition coefficient (Wildman–Crippen LogP) is 4.62. The summed E-state index contributed by atoms with van der Waals surface area (Å²) in [6.45, 7) is 11.6. The van der Waals surface area contributed by atoms with Gasteiger partial charge in [0, 0.05) is 18.7 Å². The molecule has 3 aromatic carbocycles. The van der Waals surface area contributed by atoms with Crippen molar-refractivity contribution in [2.24, 2.45) is 11.8 Å². The van der Waals surface area contributed by atoms with Crippen molar-refractivity contribution in [3.8, 4) is 17.2 Å². The molecule has 2 saturated heterocycles. The third kappa shape index (κ3) is 14.2. The molecule has 2 unspecified atom stereocenters. The Morgan fingerprint density at radius 3 is 2.34 bits per heavy atom. The minimum absolute atomic E-state index is 0.0582. The molecule has 2 fully saturated rings. The van der Waals surface area contributed by atoms with Gasteiger partial charge in [0.25, 0.3) is 0 Å². The molecule has 0 spiro atoms. The van der Waals surface area contributed by atoms with Crippen LogP contribution in [0, 0.1) is 11.8 Å². The zero-order valence-corrected chi connectivity index (χ0v) is 38.2. The number of hydrogen-bond donors (Lipinski definition) is 3. The SMILES string of the molecule is CCOC(=O)[C@H](C)OP(CC[NH2+]Cc1ccc(C[C@H](NC(=O)OC2CO[C@H]3OCC[C@@H]23)[C@H](O)CN(CC(C)C)S(=O)(=O)c2ccc(OC)cc2)cc1)Oc1ccccc1OCC. The van der Waals surface area contributed by atoms with Gasteiger partial charge in [-0.15, -0.1) is 0 Å². The molecule has 4 N–H and O–H groups in total. The molecule has 0 saturated carbocycles. The lowest BCUT2D eigenvalue weighted by molar-refractivity contribution is -0.666. The van der Waals surface area contributed by atoms with Gasteiger partial charge in [0.2, 0.25) is 18.4 Å². The number of nitrogens with zero attached hydrogens (tertiary/aromatic N) is 1. The van der Waals surface area contributed by atoms with Gasteiger partial charge in [-0.2, -0.15) is 4.31 Å². The van der Waals surface area contributed by atoms with E-state index in [1.807, 2.05) is 69.3 Å². The number of aliphatic hydroxyl groups is 1. The Balaban J connectivity index is 1.25. The van der Waals surface area contributed by atoms with Crippen molar-refractivity contribution in [2.45, 2.75) is 89.5 Å². The number of amides is 1. The summed E-state index contributed by atoms with van der Waals surface area (Å²) >= 11 is 0. The zero-order chi connectivity index (χ0) is 44.6. The maximum absolute atomic E-state index is 13.9. The first-order chi connectivity index (χ1) is 29.8. The van der Waals surface area contributed by atoms with Crippen LogP contribution in [0.15, 0.2) is 77.7 Å². The number of hydrogen-bond acceptors (Lipinski definition) is 13. The molecule has 1 amide bonds. The summed E-state index contributed by atoms with van der Waals surface area (Å²) in [4.78, 5) is 25.9. The van der Waals surface area contributed by atoms with Crippen LogP contribution in [0.5, 0.6) is 17.2 Å². The molecule has 7 atom stereocenters. The number of esters is 1. The highest BCUT2D eigenvalue weighted by molar-refractivity contribution is 7.89. The summed E-state index contributed by atoms with van der Waals surface area (Å²) in [6, 6.07) is 20.3. The van der Waals surface area contributed by atoms with Crippen molar-refractivity contribution in [3.63, 3.8) is 0 Å². The van der Waals surface area contributed by atoms with Gasteiger partial charge in [-0.3, -0.25) is 0 Å². The normalized spacial score (nSPS) is 19.3. The molecule has 0 bridgehead atoms. The van der Waals surface area contributed by atoms with Crippen molar-refractivity contribution in [2.75, 3.05) is 59.3 Å². The van der Waals surface area contributed by atoms with Gasteiger partial charge in [-0.05, 0) is 81.5 Å². The van der Waals surface area contributed by atoms with E-state index < -0.39 is 61.1 Å². The van der Waals surface area contributed by atoms with Gasteiger partial charge >= 0.3 is 12.1 Å². The Kier molecular flexibility index (Phi) is 19.1. The van der Waals surface area contributed by atoms with Crippen LogP contribution in [-0.4, -0.2) is 120 Å². The number of aliphatic hydroxyl groups excluding tert-OH is 1. The van der Waals surface area contributed by atoms with Crippen molar-refractivity contribution >= 4 is 30.5 Å². The van der Waals surface area contributed by atoms with Crippen LogP contribution in [0.1, 0.15) is 52.2 Å². The first-order valence-corrected chi connectivity index (χ1v) is 24.0. The molecule has 2 heterocycles. The van der Waals surface area contributed by atoms with Gasteiger partial charge in [0.05, 0.1) is 69.2 Å². The number of para-hydroxylation sites is 2.